The average molecular weight is 797 g/mol. The summed E-state index contributed by atoms with van der Waals surface area (Å²) < 4.78 is 33.9. The smallest absolute Gasteiger partial charge is 0.381 e. The number of H-pyrrole nitrogens is 1. The van der Waals surface area contributed by atoms with E-state index in [1.807, 2.05) is 48.9 Å². The van der Waals surface area contributed by atoms with Crippen molar-refractivity contribution in [1.82, 2.24) is 48.3 Å². The predicted molar refractivity (Wildman–Crippen MR) is 216 cm³/mol. The lowest BCUT2D eigenvalue weighted by molar-refractivity contribution is 0.0722. The number of fused-ring (bicyclic) bond motifs is 3. The maximum absolute atomic E-state index is 15.0. The lowest BCUT2D eigenvalue weighted by Gasteiger charge is -2.28. The number of aromatic amines is 1. The van der Waals surface area contributed by atoms with E-state index in [9.17, 15) is 18.8 Å². The van der Waals surface area contributed by atoms with Crippen LogP contribution in [0.1, 0.15) is 76.0 Å². The first kappa shape index (κ1) is 36.5. The minimum absolute atomic E-state index is 0.145. The molecule has 2 aliphatic rings. The molecule has 15 nitrogen and oxygen atoms in total. The van der Waals surface area contributed by atoms with Crippen LogP contribution in [-0.4, -0.2) is 74.0 Å². The summed E-state index contributed by atoms with van der Waals surface area (Å²) in [5, 5.41) is 15.1. The summed E-state index contributed by atoms with van der Waals surface area (Å²) in [6.07, 6.45) is 7.41. The van der Waals surface area contributed by atoms with Gasteiger partial charge in [0.05, 0.1) is 41.4 Å². The molecule has 1 N–H and O–H groups in total. The Morgan fingerprint density at radius 2 is 1.69 bits per heavy atom. The van der Waals surface area contributed by atoms with Crippen molar-refractivity contribution in [1.29, 1.82) is 0 Å². The van der Waals surface area contributed by atoms with Gasteiger partial charge in [-0.15, -0.1) is 0 Å². The third-order valence-electron chi connectivity index (χ3n) is 12.0. The molecule has 3 aromatic carbocycles. The number of imidazole rings is 1. The van der Waals surface area contributed by atoms with Crippen molar-refractivity contribution >= 4 is 27.7 Å². The van der Waals surface area contributed by atoms with Crippen molar-refractivity contribution < 1.29 is 18.4 Å². The molecule has 59 heavy (non-hydrogen) atoms. The van der Waals surface area contributed by atoms with Gasteiger partial charge in [-0.05, 0) is 105 Å². The molecule has 10 rings (SSSR count). The van der Waals surface area contributed by atoms with Gasteiger partial charge in [-0.3, -0.25) is 28.1 Å². The number of aryl methyl sites for hydroxylation is 3. The van der Waals surface area contributed by atoms with Gasteiger partial charge in [0.15, 0.2) is 5.82 Å². The Morgan fingerprint density at radius 3 is 2.46 bits per heavy atom. The van der Waals surface area contributed by atoms with E-state index < -0.39 is 11.8 Å². The molecule has 16 heteroatoms. The van der Waals surface area contributed by atoms with E-state index in [2.05, 4.69) is 27.4 Å². The van der Waals surface area contributed by atoms with E-state index in [4.69, 9.17) is 14.4 Å². The van der Waals surface area contributed by atoms with Gasteiger partial charge in [-0.2, -0.15) is 10.2 Å². The van der Waals surface area contributed by atoms with Crippen LogP contribution >= 0.6 is 0 Å². The second-order valence-corrected chi connectivity index (χ2v) is 15.6. The van der Waals surface area contributed by atoms with Crippen LogP contribution in [0.5, 0.6) is 0 Å². The van der Waals surface area contributed by atoms with Gasteiger partial charge >= 0.3 is 11.4 Å². The molecule has 8 aromatic rings. The van der Waals surface area contributed by atoms with Crippen LogP contribution in [0, 0.1) is 19.7 Å². The van der Waals surface area contributed by atoms with Gasteiger partial charge in [0.2, 0.25) is 0 Å². The number of nitrogens with one attached hydrogen (secondary N) is 1. The van der Waals surface area contributed by atoms with E-state index in [1.54, 1.807) is 68.0 Å². The molecule has 0 unspecified atom stereocenters. The van der Waals surface area contributed by atoms with Gasteiger partial charge in [0.25, 0.3) is 5.91 Å². The number of rotatable bonds is 7. The summed E-state index contributed by atoms with van der Waals surface area (Å²) >= 11 is 0. The van der Waals surface area contributed by atoms with E-state index in [-0.39, 0.29) is 29.8 Å². The van der Waals surface area contributed by atoms with Crippen LogP contribution in [0.25, 0.3) is 39.0 Å². The summed E-state index contributed by atoms with van der Waals surface area (Å²) in [7, 11) is 1.87. The number of nitrogens with zero attached hydrogens (tertiary/aromatic N) is 9. The zero-order chi connectivity index (χ0) is 40.7. The molecule has 5 aromatic heterocycles. The number of hydrogen-bond donors (Lipinski definition) is 1. The highest BCUT2D eigenvalue weighted by Gasteiger charge is 2.33. The summed E-state index contributed by atoms with van der Waals surface area (Å²) in [5.41, 5.74) is 6.58. The van der Waals surface area contributed by atoms with E-state index in [0.29, 0.717) is 71.7 Å². The standard InChI is InChI=1S/C43H41FN10O5/c1-24-17-32(18-25(2)38(24)44)54-40(52-14-13-51(43(52)57)31-6-8-35-30(20-31)22-45-49(35)4)33-23-50(12-9-34(33)47-54)41(55)37-21-29-19-28(27-10-15-58-16-11-27)5-7-36(29)53(37)26(3)39-46-42(56)59-48-39/h5-8,13-14,17-22,26-27H,9-12,15-16,23H2,1-4H3,(H,46,48,56)/t26-/m1/s1. The topological polar surface area (TPSA) is 156 Å². The zero-order valence-corrected chi connectivity index (χ0v) is 33.0. The monoisotopic (exact) mass is 796 g/mol. The minimum atomic E-state index is -0.681. The number of aromatic nitrogens is 9. The Bertz CT molecular complexity index is 3060. The zero-order valence-electron chi connectivity index (χ0n) is 33.0. The molecule has 0 radical (unpaired) electrons. The highest BCUT2D eigenvalue weighted by Crippen LogP contribution is 2.35. The molecule has 1 amide bonds. The summed E-state index contributed by atoms with van der Waals surface area (Å²) in [4.78, 5) is 45.9. The van der Waals surface area contributed by atoms with Crippen LogP contribution in [0.4, 0.5) is 4.39 Å². The van der Waals surface area contributed by atoms with E-state index in [0.717, 1.165) is 40.3 Å². The summed E-state index contributed by atoms with van der Waals surface area (Å²) in [6.45, 7) is 7.18. The fraction of sp³-hybridized carbons (Fsp3) is 0.302. The first-order chi connectivity index (χ1) is 28.5. The summed E-state index contributed by atoms with van der Waals surface area (Å²) in [6, 6.07) is 16.8. The van der Waals surface area contributed by atoms with Crippen molar-refractivity contribution in [2.45, 2.75) is 58.5 Å². The lowest BCUT2D eigenvalue weighted by atomic mass is 9.91. The van der Waals surface area contributed by atoms with Gasteiger partial charge in [0.1, 0.15) is 17.3 Å². The second kappa shape index (κ2) is 13.9. The number of amides is 1. The second-order valence-electron chi connectivity index (χ2n) is 15.6. The number of halogens is 1. The molecule has 1 saturated heterocycles. The number of ether oxygens (including phenoxy) is 1. The third kappa shape index (κ3) is 6.04. The van der Waals surface area contributed by atoms with E-state index in [1.165, 1.54) is 5.56 Å². The van der Waals surface area contributed by atoms with Crippen LogP contribution in [0.3, 0.4) is 0 Å². The Labute approximate surface area is 335 Å². The molecule has 1 fully saturated rings. The number of carbonyl (C=O) groups excluding carboxylic acids is 1. The fourth-order valence-corrected chi connectivity index (χ4v) is 8.87. The van der Waals surface area contributed by atoms with Crippen molar-refractivity contribution in [3.63, 3.8) is 0 Å². The van der Waals surface area contributed by atoms with Gasteiger partial charge in [-0.25, -0.2) is 18.7 Å². The molecule has 300 valence electrons. The van der Waals surface area contributed by atoms with Gasteiger partial charge in [0, 0.05) is 67.5 Å². The third-order valence-corrected chi connectivity index (χ3v) is 12.0. The highest BCUT2D eigenvalue weighted by molar-refractivity contribution is 5.99. The predicted octanol–water partition coefficient (Wildman–Crippen LogP) is 5.79. The molecule has 0 aliphatic carbocycles. The molecular weight excluding hydrogens is 756 g/mol. The Balaban J connectivity index is 1.08. The highest BCUT2D eigenvalue weighted by atomic mass is 19.1. The molecular formula is C43H41FN10O5. The lowest BCUT2D eigenvalue weighted by Crippen LogP contribution is -2.37. The Morgan fingerprint density at radius 1 is 0.932 bits per heavy atom. The molecule has 1 atom stereocenters. The van der Waals surface area contributed by atoms with Crippen LogP contribution in [-0.2, 0) is 24.8 Å². The SMILES string of the molecule is Cc1cc(-n2nc3c(c2-n2ccn(-c4ccc5c(cnn5C)c4)c2=O)CN(C(=O)c2cc4cc(C5CCOCC5)ccc4n2[C@H](C)c2noc(=O)[nH]2)CC3)cc(C)c1F. The quantitative estimate of drug-likeness (QED) is 0.213. The van der Waals surface area contributed by atoms with Crippen molar-refractivity contribution in [2.24, 2.45) is 7.05 Å². The van der Waals surface area contributed by atoms with Crippen LogP contribution < -0.4 is 11.4 Å². The fourth-order valence-electron chi connectivity index (χ4n) is 8.87. The van der Waals surface area contributed by atoms with Gasteiger partial charge in [-0.1, -0.05) is 11.2 Å². The maximum atomic E-state index is 15.0. The number of benzene rings is 3. The van der Waals surface area contributed by atoms with Crippen molar-refractivity contribution in [3.05, 3.63) is 140 Å². The summed E-state index contributed by atoms with van der Waals surface area (Å²) in [5.74, 6) is -0.128. The first-order valence-electron chi connectivity index (χ1n) is 19.7. The average Bonchev–Trinajstić information content (AvgIpc) is 4.09. The van der Waals surface area contributed by atoms with Crippen molar-refractivity contribution in [2.75, 3.05) is 19.8 Å². The maximum Gasteiger partial charge on any atom is 0.438 e. The van der Waals surface area contributed by atoms with Crippen molar-refractivity contribution in [3.8, 4) is 17.2 Å². The number of carbonyl (C=O) groups is 1. The normalized spacial score (nSPS) is 15.4. The molecule has 0 spiro atoms. The molecule has 0 bridgehead atoms. The molecule has 2 aliphatic heterocycles. The first-order valence-corrected chi connectivity index (χ1v) is 19.7. The molecule has 0 saturated carbocycles. The Hall–Kier alpha value is -6.81. The van der Waals surface area contributed by atoms with Gasteiger partial charge < -0.3 is 14.2 Å². The minimum Gasteiger partial charge on any atom is -0.381 e. The Kier molecular flexibility index (Phi) is 8.63. The van der Waals surface area contributed by atoms with Crippen LogP contribution in [0.15, 0.2) is 87.3 Å². The number of hydrogen-bond acceptors (Lipinski definition) is 8. The van der Waals surface area contributed by atoms with Crippen LogP contribution in [0.2, 0.25) is 0 Å². The molecule has 7 heterocycles. The largest absolute Gasteiger partial charge is 0.438 e. The van der Waals surface area contributed by atoms with E-state index >= 15 is 0 Å².